The van der Waals surface area contributed by atoms with Crippen molar-refractivity contribution in [2.24, 2.45) is 0 Å². The van der Waals surface area contributed by atoms with Crippen molar-refractivity contribution < 1.29 is 31.9 Å². The molecule has 2 aliphatic rings. The van der Waals surface area contributed by atoms with E-state index in [1.807, 2.05) is 18.7 Å². The van der Waals surface area contributed by atoms with Crippen LogP contribution in [0.25, 0.3) is 11.3 Å². The lowest BCUT2D eigenvalue weighted by molar-refractivity contribution is -0.138. The highest BCUT2D eigenvalue weighted by Gasteiger charge is 2.39. The number of pyridine rings is 2. The number of halogens is 5. The van der Waals surface area contributed by atoms with Crippen LogP contribution in [-0.4, -0.2) is 84.3 Å². The molecular formula is C31H33ClF4N6O3. The fourth-order valence-corrected chi connectivity index (χ4v) is 5.85. The Morgan fingerprint density at radius 2 is 1.93 bits per heavy atom. The quantitative estimate of drug-likeness (QED) is 0.332. The second-order valence-corrected chi connectivity index (χ2v) is 11.2. The Kier molecular flexibility index (Phi) is 9.78. The third kappa shape index (κ3) is 6.99. The van der Waals surface area contributed by atoms with Crippen LogP contribution >= 0.6 is 11.6 Å². The van der Waals surface area contributed by atoms with Crippen LogP contribution in [0.1, 0.15) is 46.7 Å². The normalized spacial score (nSPS) is 20.3. The molecule has 0 saturated carbocycles. The van der Waals surface area contributed by atoms with Gasteiger partial charge in [0.05, 0.1) is 40.7 Å². The van der Waals surface area contributed by atoms with E-state index in [4.69, 9.17) is 21.3 Å². The van der Waals surface area contributed by atoms with Gasteiger partial charge in [-0.05, 0) is 55.8 Å². The molecule has 240 valence electrons. The molecule has 1 aromatic carbocycles. The van der Waals surface area contributed by atoms with Crippen molar-refractivity contribution in [1.82, 2.24) is 25.5 Å². The maximum Gasteiger partial charge on any atom is 0.417 e. The van der Waals surface area contributed by atoms with Crippen LogP contribution in [-0.2, 0) is 6.18 Å². The topological polar surface area (TPSA) is 99.7 Å². The number of hydrogen-bond donors (Lipinski definition) is 2. The SMILES string of the molecule is CCOc1ncccc1-c1ccc(N2CCN(C(=O)c3ccc(Cl)cc3C(F)(F)F)C[C@H]2CC)c(C(=O)N[C@H]2CNC[C@H]2F)n1. The van der Waals surface area contributed by atoms with E-state index in [9.17, 15) is 27.2 Å². The predicted molar refractivity (Wildman–Crippen MR) is 161 cm³/mol. The summed E-state index contributed by atoms with van der Waals surface area (Å²) in [6.07, 6.45) is -3.94. The molecule has 2 aromatic heterocycles. The molecule has 45 heavy (non-hydrogen) atoms. The summed E-state index contributed by atoms with van der Waals surface area (Å²) in [5.74, 6) is -0.991. The Bertz CT molecular complexity index is 1560. The summed E-state index contributed by atoms with van der Waals surface area (Å²) in [5, 5.41) is 5.55. The number of hydrogen-bond acceptors (Lipinski definition) is 7. The van der Waals surface area contributed by atoms with Gasteiger partial charge in [0.1, 0.15) is 6.17 Å². The summed E-state index contributed by atoms with van der Waals surface area (Å²) >= 11 is 5.82. The molecule has 5 rings (SSSR count). The second kappa shape index (κ2) is 13.6. The Hall–Kier alpha value is -3.97. The van der Waals surface area contributed by atoms with Crippen LogP contribution in [0.3, 0.4) is 0 Å². The lowest BCUT2D eigenvalue weighted by Gasteiger charge is -2.43. The lowest BCUT2D eigenvalue weighted by atomic mass is 10.0. The van der Waals surface area contributed by atoms with Gasteiger partial charge in [0.2, 0.25) is 5.88 Å². The van der Waals surface area contributed by atoms with E-state index >= 15 is 0 Å². The molecule has 14 heteroatoms. The van der Waals surface area contributed by atoms with Crippen LogP contribution in [0, 0.1) is 0 Å². The zero-order valence-electron chi connectivity index (χ0n) is 24.7. The minimum absolute atomic E-state index is 0.0492. The third-order valence-electron chi connectivity index (χ3n) is 7.94. The van der Waals surface area contributed by atoms with Gasteiger partial charge in [0.15, 0.2) is 5.69 Å². The maximum atomic E-state index is 14.5. The van der Waals surface area contributed by atoms with Crippen LogP contribution in [0.4, 0.5) is 23.2 Å². The van der Waals surface area contributed by atoms with E-state index in [0.29, 0.717) is 35.9 Å². The molecule has 3 atom stereocenters. The average molecular weight is 649 g/mol. The van der Waals surface area contributed by atoms with Crippen molar-refractivity contribution in [3.63, 3.8) is 0 Å². The number of alkyl halides is 4. The highest BCUT2D eigenvalue weighted by atomic mass is 35.5. The summed E-state index contributed by atoms with van der Waals surface area (Å²) < 4.78 is 61.4. The molecule has 3 aromatic rings. The number of rotatable bonds is 8. The molecule has 2 saturated heterocycles. The minimum Gasteiger partial charge on any atom is -0.477 e. The Balaban J connectivity index is 1.47. The number of carbonyl (C=O) groups excluding carboxylic acids is 2. The van der Waals surface area contributed by atoms with E-state index in [1.165, 1.54) is 11.0 Å². The largest absolute Gasteiger partial charge is 0.477 e. The van der Waals surface area contributed by atoms with E-state index < -0.39 is 41.3 Å². The maximum absolute atomic E-state index is 14.5. The summed E-state index contributed by atoms with van der Waals surface area (Å²) in [6, 6.07) is 8.96. The van der Waals surface area contributed by atoms with Gasteiger partial charge >= 0.3 is 6.18 Å². The van der Waals surface area contributed by atoms with Crippen molar-refractivity contribution in [3.05, 3.63) is 70.5 Å². The van der Waals surface area contributed by atoms with Gasteiger partial charge in [-0.15, -0.1) is 0 Å². The van der Waals surface area contributed by atoms with Crippen molar-refractivity contribution in [3.8, 4) is 17.1 Å². The van der Waals surface area contributed by atoms with Crippen LogP contribution < -0.4 is 20.3 Å². The van der Waals surface area contributed by atoms with E-state index in [0.717, 1.165) is 12.1 Å². The number of amides is 2. The van der Waals surface area contributed by atoms with Crippen molar-refractivity contribution in [2.45, 2.75) is 44.7 Å². The number of piperazine rings is 1. The lowest BCUT2D eigenvalue weighted by Crippen LogP contribution is -2.55. The highest BCUT2D eigenvalue weighted by Crippen LogP contribution is 2.36. The number of carbonyl (C=O) groups is 2. The number of ether oxygens (including phenoxy) is 1. The van der Waals surface area contributed by atoms with Crippen LogP contribution in [0.2, 0.25) is 5.02 Å². The Morgan fingerprint density at radius 1 is 1.13 bits per heavy atom. The van der Waals surface area contributed by atoms with E-state index in [-0.39, 0.29) is 49.5 Å². The first-order valence-electron chi connectivity index (χ1n) is 14.7. The summed E-state index contributed by atoms with van der Waals surface area (Å²) in [6.45, 7) is 4.88. The molecule has 2 aliphatic heterocycles. The Labute approximate surface area is 262 Å². The Morgan fingerprint density at radius 3 is 2.62 bits per heavy atom. The van der Waals surface area contributed by atoms with Gasteiger partial charge in [-0.2, -0.15) is 13.2 Å². The van der Waals surface area contributed by atoms with Crippen LogP contribution in [0.15, 0.2) is 48.7 Å². The van der Waals surface area contributed by atoms with E-state index in [1.54, 1.807) is 30.5 Å². The molecule has 0 radical (unpaired) electrons. The predicted octanol–water partition coefficient (Wildman–Crippen LogP) is 5.00. The summed E-state index contributed by atoms with van der Waals surface area (Å²) in [7, 11) is 0. The van der Waals surface area contributed by atoms with Gasteiger partial charge in [-0.25, -0.2) is 14.4 Å². The molecule has 2 fully saturated rings. The van der Waals surface area contributed by atoms with Crippen LogP contribution in [0.5, 0.6) is 5.88 Å². The molecule has 9 nitrogen and oxygen atoms in total. The fourth-order valence-electron chi connectivity index (χ4n) is 5.68. The molecule has 0 spiro atoms. The summed E-state index contributed by atoms with van der Waals surface area (Å²) in [4.78, 5) is 39.4. The van der Waals surface area contributed by atoms with Gasteiger partial charge in [-0.1, -0.05) is 18.5 Å². The van der Waals surface area contributed by atoms with Gasteiger partial charge in [0.25, 0.3) is 11.8 Å². The molecule has 0 aliphatic carbocycles. The van der Waals surface area contributed by atoms with Gasteiger partial charge in [-0.3, -0.25) is 9.59 Å². The zero-order chi connectivity index (χ0) is 32.3. The number of aromatic nitrogens is 2. The van der Waals surface area contributed by atoms with Crippen molar-refractivity contribution in [2.75, 3.05) is 44.2 Å². The molecule has 0 unspecified atom stereocenters. The number of nitrogens with one attached hydrogen (secondary N) is 2. The standard InChI is InChI=1S/C31H33ClF4N6O3/c1-3-19-17-41(30(44)20-8-7-18(32)14-22(20)31(34,35)36)12-13-42(19)26-10-9-24(21-6-5-11-38-29(21)45-4-2)39-27(26)28(43)40-25-16-37-15-23(25)33/h5-11,14,19,23,25,37H,3-4,12-13,15-17H2,1-2H3,(H,40,43)/t19-,23-,25+/m1/s1. The second-order valence-electron chi connectivity index (χ2n) is 10.8. The van der Waals surface area contributed by atoms with E-state index in [2.05, 4.69) is 15.6 Å². The first-order valence-corrected chi connectivity index (χ1v) is 15.1. The monoisotopic (exact) mass is 648 g/mol. The number of anilines is 1. The molecule has 2 N–H and O–H groups in total. The molecular weight excluding hydrogens is 616 g/mol. The van der Waals surface area contributed by atoms with Gasteiger partial charge < -0.3 is 25.2 Å². The number of benzene rings is 1. The number of nitrogens with zero attached hydrogens (tertiary/aromatic N) is 4. The first-order chi connectivity index (χ1) is 21.5. The summed E-state index contributed by atoms with van der Waals surface area (Å²) in [5.41, 5.74) is -0.0747. The van der Waals surface area contributed by atoms with Gasteiger partial charge in [0, 0.05) is 50.0 Å². The third-order valence-corrected chi connectivity index (χ3v) is 8.18. The van der Waals surface area contributed by atoms with Crippen molar-refractivity contribution in [1.29, 1.82) is 0 Å². The molecule has 2 amide bonds. The average Bonchev–Trinajstić information content (AvgIpc) is 3.43. The molecule has 4 heterocycles. The fraction of sp³-hybridized carbons (Fsp3) is 0.419. The molecule has 0 bridgehead atoms. The van der Waals surface area contributed by atoms with Crippen molar-refractivity contribution >= 4 is 29.1 Å². The first kappa shape index (κ1) is 32.4. The minimum atomic E-state index is -4.76. The highest BCUT2D eigenvalue weighted by molar-refractivity contribution is 6.30. The zero-order valence-corrected chi connectivity index (χ0v) is 25.5. The smallest absolute Gasteiger partial charge is 0.417 e.